The largest absolute Gasteiger partial charge is 0.497 e. The van der Waals surface area contributed by atoms with Gasteiger partial charge in [0.2, 0.25) is 17.7 Å². The molecule has 0 bridgehead atoms. The van der Waals surface area contributed by atoms with Crippen LogP contribution >= 0.6 is 0 Å². The Hall–Kier alpha value is -4.23. The number of aryl methyl sites for hydroxylation is 1. The fourth-order valence-corrected chi connectivity index (χ4v) is 9.35. The minimum Gasteiger partial charge on any atom is -0.497 e. The van der Waals surface area contributed by atoms with Crippen molar-refractivity contribution in [3.05, 3.63) is 64.9 Å². The molecule has 2 aliphatic carbocycles. The number of carbonyl (C=O) groups is 2. The highest BCUT2D eigenvalue weighted by atomic mass is 32.2. The Morgan fingerprint density at radius 1 is 1.00 bits per heavy atom. The topological polar surface area (TPSA) is 140 Å². The Labute approximate surface area is 292 Å². The summed E-state index contributed by atoms with van der Waals surface area (Å²) in [5.41, 5.74) is 5.04. The highest BCUT2D eigenvalue weighted by Gasteiger charge is 2.64. The van der Waals surface area contributed by atoms with Crippen molar-refractivity contribution in [1.29, 1.82) is 0 Å². The molecule has 4 aliphatic rings. The van der Waals surface area contributed by atoms with Gasteiger partial charge in [-0.15, -0.1) is 10.2 Å². The number of piperidine rings is 1. The number of nitrogens with one attached hydrogen (secondary N) is 1. The number of likely N-dealkylation sites (tertiary alicyclic amines) is 1. The summed E-state index contributed by atoms with van der Waals surface area (Å²) in [6.07, 6.45) is 7.90. The first-order valence-electron chi connectivity index (χ1n) is 17.7. The van der Waals surface area contributed by atoms with Crippen molar-refractivity contribution >= 4 is 32.9 Å². The van der Waals surface area contributed by atoms with E-state index in [4.69, 9.17) is 9.15 Å². The average Bonchev–Trinajstić information content (AvgIpc) is 3.58. The molecule has 0 spiro atoms. The van der Waals surface area contributed by atoms with E-state index < -0.39 is 21.5 Å². The summed E-state index contributed by atoms with van der Waals surface area (Å²) in [6, 6.07) is 11.8. The van der Waals surface area contributed by atoms with Gasteiger partial charge in [-0.2, -0.15) is 12.7 Å². The van der Waals surface area contributed by atoms with Gasteiger partial charge >= 0.3 is 10.2 Å². The maximum atomic E-state index is 14.8. The summed E-state index contributed by atoms with van der Waals surface area (Å²) in [6.45, 7) is 3.49. The van der Waals surface area contributed by atoms with Crippen molar-refractivity contribution in [2.24, 2.45) is 5.41 Å². The third kappa shape index (κ3) is 5.40. The molecule has 2 aromatic heterocycles. The van der Waals surface area contributed by atoms with Crippen LogP contribution < -0.4 is 9.46 Å². The van der Waals surface area contributed by atoms with Gasteiger partial charge < -0.3 is 18.6 Å². The maximum Gasteiger partial charge on any atom is 0.303 e. The van der Waals surface area contributed by atoms with Crippen LogP contribution in [-0.2, 0) is 21.5 Å². The summed E-state index contributed by atoms with van der Waals surface area (Å²) in [4.78, 5) is 30.2. The van der Waals surface area contributed by atoms with Crippen molar-refractivity contribution in [3.63, 3.8) is 0 Å². The second-order valence-corrected chi connectivity index (χ2v) is 16.6. The van der Waals surface area contributed by atoms with E-state index >= 15 is 0 Å². The Bertz CT molecular complexity index is 2110. The number of rotatable bonds is 7. The number of amides is 2. The molecule has 12 nitrogen and oxygen atoms in total. The number of nitrogens with zero attached hydrogens (tertiary/aromatic N) is 5. The van der Waals surface area contributed by atoms with Crippen LogP contribution in [0.5, 0.6) is 5.75 Å². The lowest BCUT2D eigenvalue weighted by atomic mass is 9.81. The molecule has 1 N–H and O–H groups in total. The van der Waals surface area contributed by atoms with E-state index in [2.05, 4.69) is 31.6 Å². The lowest BCUT2D eigenvalue weighted by Crippen LogP contribution is -2.44. The standard InChI is InChI=1S/C37H44N6O6S/c1-22-38-39-35(49-22)24-14-16-42(17-15-24)36(45)37-20-30(37)29-19-26(48-4)11-13-27(29)33-32(23-8-6-5-7-9-23)28-12-10-25(18-31(28)43(33)21-37)34(44)40-50(46,47)41(2)3/h10-13,18-19,23-24,30H,5-9,14-17,20-21H2,1-4H3,(H,40,44)/t30-,37-/m0/s1. The minimum atomic E-state index is -3.99. The summed E-state index contributed by atoms with van der Waals surface area (Å²) < 4.78 is 42.1. The molecule has 4 heterocycles. The quantitative estimate of drug-likeness (QED) is 0.267. The molecule has 2 aliphatic heterocycles. The zero-order valence-electron chi connectivity index (χ0n) is 29.1. The zero-order chi connectivity index (χ0) is 34.9. The Kier molecular flexibility index (Phi) is 8.05. The van der Waals surface area contributed by atoms with E-state index in [0.29, 0.717) is 43.8 Å². The number of ether oxygens (including phenoxy) is 1. The third-order valence-corrected chi connectivity index (χ3v) is 13.0. The molecule has 0 unspecified atom stereocenters. The van der Waals surface area contributed by atoms with Crippen LogP contribution in [0.3, 0.4) is 0 Å². The number of hydrogen-bond acceptors (Lipinski definition) is 8. The van der Waals surface area contributed by atoms with E-state index in [-0.39, 0.29) is 23.3 Å². The van der Waals surface area contributed by atoms with Crippen LogP contribution in [0.1, 0.15) is 102 Å². The molecular formula is C37H44N6O6S. The van der Waals surface area contributed by atoms with Gasteiger partial charge in [-0.05, 0) is 79.5 Å². The predicted molar refractivity (Wildman–Crippen MR) is 187 cm³/mol. The van der Waals surface area contributed by atoms with E-state index in [1.807, 2.05) is 23.1 Å². The lowest BCUT2D eigenvalue weighted by Gasteiger charge is -2.34. The molecule has 2 aromatic carbocycles. The highest BCUT2D eigenvalue weighted by Crippen LogP contribution is 2.66. The smallest absolute Gasteiger partial charge is 0.303 e. The van der Waals surface area contributed by atoms with Crippen molar-refractivity contribution in [3.8, 4) is 17.0 Å². The van der Waals surface area contributed by atoms with Gasteiger partial charge in [0.15, 0.2) is 0 Å². The number of carbonyl (C=O) groups excluding carboxylic acids is 2. The van der Waals surface area contributed by atoms with Crippen molar-refractivity contribution in [1.82, 2.24) is 28.7 Å². The molecule has 2 atom stereocenters. The summed E-state index contributed by atoms with van der Waals surface area (Å²) in [5.74, 6) is 1.89. The molecule has 13 heteroatoms. The Morgan fingerprint density at radius 2 is 1.76 bits per heavy atom. The molecule has 50 heavy (non-hydrogen) atoms. The van der Waals surface area contributed by atoms with E-state index in [9.17, 15) is 18.0 Å². The van der Waals surface area contributed by atoms with Crippen LogP contribution in [-0.4, -0.2) is 78.5 Å². The highest BCUT2D eigenvalue weighted by molar-refractivity contribution is 7.87. The van der Waals surface area contributed by atoms with Crippen molar-refractivity contribution in [2.75, 3.05) is 34.3 Å². The normalized spacial score (nSPS) is 22.5. The van der Waals surface area contributed by atoms with Gasteiger partial charge in [0.25, 0.3) is 5.91 Å². The Morgan fingerprint density at radius 3 is 2.44 bits per heavy atom. The van der Waals surface area contributed by atoms with E-state index in [0.717, 1.165) is 76.3 Å². The molecule has 0 radical (unpaired) electrons. The van der Waals surface area contributed by atoms with Crippen LogP contribution in [0.2, 0.25) is 0 Å². The van der Waals surface area contributed by atoms with Crippen LogP contribution in [0, 0.1) is 12.3 Å². The summed E-state index contributed by atoms with van der Waals surface area (Å²) in [7, 11) is 0.449. The number of methoxy groups -OCH3 is 1. The molecule has 264 valence electrons. The number of benzene rings is 2. The fourth-order valence-electron chi connectivity index (χ4n) is 8.81. The van der Waals surface area contributed by atoms with Crippen LogP contribution in [0.15, 0.2) is 40.8 Å². The second kappa shape index (κ2) is 12.2. The first-order chi connectivity index (χ1) is 24.0. The van der Waals surface area contributed by atoms with Gasteiger partial charge in [-0.3, -0.25) is 9.59 Å². The summed E-state index contributed by atoms with van der Waals surface area (Å²) >= 11 is 0. The third-order valence-electron chi connectivity index (χ3n) is 11.6. The van der Waals surface area contributed by atoms with Crippen molar-refractivity contribution < 1.29 is 27.2 Å². The predicted octanol–water partition coefficient (Wildman–Crippen LogP) is 5.49. The molecule has 4 aromatic rings. The lowest BCUT2D eigenvalue weighted by molar-refractivity contribution is -0.139. The first kappa shape index (κ1) is 32.9. The maximum absolute atomic E-state index is 14.8. The number of hydrogen-bond donors (Lipinski definition) is 1. The number of fused-ring (bicyclic) bond motifs is 7. The van der Waals surface area contributed by atoms with Crippen LogP contribution in [0.25, 0.3) is 22.2 Å². The fraction of sp³-hybridized carbons (Fsp3) is 0.514. The Balaban J connectivity index is 1.24. The molecule has 3 fully saturated rings. The SMILES string of the molecule is COc1ccc2c(c1)[C@@H]1C[C@]1(C(=O)N1CCC(c3nnc(C)o3)CC1)Cn1c-2c(C2CCCCC2)c2ccc(C(=O)NS(=O)(=O)N(C)C)cc21. The first-order valence-corrected chi connectivity index (χ1v) is 19.1. The van der Waals surface area contributed by atoms with Gasteiger partial charge in [-0.1, -0.05) is 25.3 Å². The second-order valence-electron chi connectivity index (χ2n) is 14.7. The van der Waals surface area contributed by atoms with Crippen LogP contribution in [0.4, 0.5) is 0 Å². The number of aromatic nitrogens is 3. The van der Waals surface area contributed by atoms with Gasteiger partial charge in [0.05, 0.1) is 18.2 Å². The molecule has 8 rings (SSSR count). The molecular weight excluding hydrogens is 657 g/mol. The zero-order valence-corrected chi connectivity index (χ0v) is 29.9. The van der Waals surface area contributed by atoms with Gasteiger partial charge in [0.1, 0.15) is 5.75 Å². The van der Waals surface area contributed by atoms with Gasteiger partial charge in [0, 0.05) is 74.5 Å². The molecule has 1 saturated heterocycles. The summed E-state index contributed by atoms with van der Waals surface area (Å²) in [5, 5.41) is 9.31. The minimum absolute atomic E-state index is 0.0160. The average molecular weight is 701 g/mol. The monoisotopic (exact) mass is 700 g/mol. The van der Waals surface area contributed by atoms with E-state index in [1.54, 1.807) is 20.1 Å². The van der Waals surface area contributed by atoms with E-state index in [1.165, 1.54) is 26.1 Å². The van der Waals surface area contributed by atoms with Crippen molar-refractivity contribution in [2.45, 2.75) is 82.6 Å². The molecule has 2 saturated carbocycles. The molecule has 2 amide bonds. The van der Waals surface area contributed by atoms with Gasteiger partial charge in [-0.25, -0.2) is 4.72 Å².